The number of hydrogen-bond donors (Lipinski definition) is 2. The fourth-order valence-electron chi connectivity index (χ4n) is 1.48. The van der Waals surface area contributed by atoms with Crippen LogP contribution in [-0.4, -0.2) is 16.6 Å². The van der Waals surface area contributed by atoms with Crippen LogP contribution < -0.4 is 10.6 Å². The summed E-state index contributed by atoms with van der Waals surface area (Å²) >= 11 is 12.6. The smallest absolute Gasteiger partial charge is 0.171 e. The van der Waals surface area contributed by atoms with Gasteiger partial charge < -0.3 is 10.6 Å². The molecular formula is C15H14ClN3S2. The van der Waals surface area contributed by atoms with Crippen molar-refractivity contribution in [3.63, 3.8) is 0 Å². The highest BCUT2D eigenvalue weighted by Crippen LogP contribution is 2.27. The van der Waals surface area contributed by atoms with Crippen molar-refractivity contribution in [3.8, 4) is 0 Å². The molecule has 0 aliphatic heterocycles. The number of nitrogens with one attached hydrogen (secondary N) is 2. The maximum absolute atomic E-state index is 5.86. The Morgan fingerprint density at radius 3 is 2.67 bits per heavy atom. The Morgan fingerprint density at radius 1 is 1.29 bits per heavy atom. The molecule has 1 heterocycles. The van der Waals surface area contributed by atoms with Gasteiger partial charge in [0.2, 0.25) is 0 Å². The zero-order valence-corrected chi connectivity index (χ0v) is 13.6. The molecule has 2 N–H and O–H groups in total. The molecule has 2 rings (SSSR count). The van der Waals surface area contributed by atoms with Crippen LogP contribution in [0, 0.1) is 0 Å². The molecule has 0 bridgehead atoms. The van der Waals surface area contributed by atoms with Crippen LogP contribution in [0.5, 0.6) is 0 Å². The number of pyridine rings is 1. The van der Waals surface area contributed by atoms with Crippen LogP contribution in [0.15, 0.2) is 65.2 Å². The minimum Gasteiger partial charge on any atom is -0.359 e. The number of anilines is 1. The molecule has 0 aliphatic rings. The highest BCUT2D eigenvalue weighted by Gasteiger charge is 2.01. The minimum absolute atomic E-state index is 0.551. The summed E-state index contributed by atoms with van der Waals surface area (Å²) in [6.07, 6.45) is 3.50. The van der Waals surface area contributed by atoms with Crippen molar-refractivity contribution in [1.82, 2.24) is 10.3 Å². The van der Waals surface area contributed by atoms with Crippen LogP contribution in [0.2, 0.25) is 5.02 Å². The first-order chi connectivity index (χ1) is 10.2. The number of hydrogen-bond acceptors (Lipinski definition) is 3. The van der Waals surface area contributed by atoms with Gasteiger partial charge in [0.25, 0.3) is 0 Å². The van der Waals surface area contributed by atoms with Crippen molar-refractivity contribution in [3.05, 3.63) is 60.3 Å². The number of aromatic nitrogens is 1. The highest BCUT2D eigenvalue weighted by atomic mass is 35.5. The van der Waals surface area contributed by atoms with Crippen molar-refractivity contribution in [2.75, 3.05) is 11.9 Å². The van der Waals surface area contributed by atoms with Gasteiger partial charge in [0.15, 0.2) is 5.11 Å². The van der Waals surface area contributed by atoms with Crippen molar-refractivity contribution in [2.24, 2.45) is 0 Å². The summed E-state index contributed by atoms with van der Waals surface area (Å²) in [5.41, 5.74) is 0.844. The topological polar surface area (TPSA) is 37.0 Å². The van der Waals surface area contributed by atoms with E-state index in [1.807, 2.05) is 36.4 Å². The molecule has 0 saturated heterocycles. The van der Waals surface area contributed by atoms with E-state index in [-0.39, 0.29) is 0 Å². The van der Waals surface area contributed by atoms with E-state index >= 15 is 0 Å². The quantitative estimate of drug-likeness (QED) is 0.627. The molecule has 108 valence electrons. The first-order valence-corrected chi connectivity index (χ1v) is 7.83. The third-order valence-corrected chi connectivity index (χ3v) is 3.89. The Balaban J connectivity index is 1.94. The first kappa shape index (κ1) is 15.8. The van der Waals surface area contributed by atoms with Crippen molar-refractivity contribution in [1.29, 1.82) is 0 Å². The molecule has 0 fully saturated rings. The molecule has 0 aliphatic carbocycles. The largest absolute Gasteiger partial charge is 0.359 e. The number of rotatable bonds is 5. The van der Waals surface area contributed by atoms with Gasteiger partial charge in [-0.2, -0.15) is 0 Å². The molecule has 1 aromatic carbocycles. The Kier molecular flexibility index (Phi) is 6.04. The summed E-state index contributed by atoms with van der Waals surface area (Å²) in [4.78, 5) is 5.48. The van der Waals surface area contributed by atoms with Gasteiger partial charge in [-0.15, -0.1) is 6.58 Å². The molecule has 0 unspecified atom stereocenters. The number of nitrogens with zero attached hydrogens (tertiary/aromatic N) is 1. The second-order valence-corrected chi connectivity index (χ2v) is 6.00. The van der Waals surface area contributed by atoms with E-state index in [2.05, 4.69) is 22.2 Å². The SMILES string of the molecule is C=CCNC(=S)Nc1ccc(Sc2ccc(Cl)cc2)nc1. The van der Waals surface area contributed by atoms with Gasteiger partial charge in [0.05, 0.1) is 11.9 Å². The van der Waals surface area contributed by atoms with Gasteiger partial charge in [0, 0.05) is 16.5 Å². The molecule has 0 radical (unpaired) electrons. The lowest BCUT2D eigenvalue weighted by Crippen LogP contribution is -2.28. The third kappa shape index (κ3) is 5.38. The van der Waals surface area contributed by atoms with Crippen LogP contribution in [0.1, 0.15) is 0 Å². The Labute approximate surface area is 138 Å². The normalized spacial score (nSPS) is 9.95. The second-order valence-electron chi connectivity index (χ2n) is 4.06. The van der Waals surface area contributed by atoms with Gasteiger partial charge >= 0.3 is 0 Å². The summed E-state index contributed by atoms with van der Waals surface area (Å²) in [6, 6.07) is 11.5. The molecule has 0 saturated carbocycles. The lowest BCUT2D eigenvalue weighted by Gasteiger charge is -2.09. The maximum atomic E-state index is 5.86. The third-order valence-electron chi connectivity index (χ3n) is 2.44. The van der Waals surface area contributed by atoms with Crippen LogP contribution in [0.3, 0.4) is 0 Å². The van der Waals surface area contributed by atoms with E-state index in [0.717, 1.165) is 20.6 Å². The average molecular weight is 336 g/mol. The lowest BCUT2D eigenvalue weighted by molar-refractivity contribution is 1.06. The van der Waals surface area contributed by atoms with Crippen LogP contribution >= 0.6 is 35.6 Å². The Bertz CT molecular complexity index is 612. The molecular weight excluding hydrogens is 322 g/mol. The summed E-state index contributed by atoms with van der Waals surface area (Å²) in [6.45, 7) is 4.25. The van der Waals surface area contributed by atoms with Crippen molar-refractivity contribution < 1.29 is 0 Å². The van der Waals surface area contributed by atoms with E-state index in [0.29, 0.717) is 11.7 Å². The average Bonchev–Trinajstić information content (AvgIpc) is 2.49. The number of thiocarbonyl (C=S) groups is 1. The van der Waals surface area contributed by atoms with Gasteiger partial charge in [-0.3, -0.25) is 0 Å². The zero-order valence-electron chi connectivity index (χ0n) is 11.2. The molecule has 0 atom stereocenters. The zero-order chi connectivity index (χ0) is 15.1. The van der Waals surface area contributed by atoms with E-state index in [4.69, 9.17) is 23.8 Å². The van der Waals surface area contributed by atoms with Gasteiger partial charge in [-0.25, -0.2) is 4.98 Å². The summed E-state index contributed by atoms with van der Waals surface area (Å²) in [7, 11) is 0. The highest BCUT2D eigenvalue weighted by molar-refractivity contribution is 7.99. The monoisotopic (exact) mass is 335 g/mol. The predicted octanol–water partition coefficient (Wildman–Crippen LogP) is 4.36. The van der Waals surface area contributed by atoms with E-state index in [1.54, 1.807) is 24.0 Å². The molecule has 3 nitrogen and oxygen atoms in total. The van der Waals surface area contributed by atoms with Crippen molar-refractivity contribution >= 4 is 46.4 Å². The van der Waals surface area contributed by atoms with Gasteiger partial charge in [-0.05, 0) is 48.6 Å². The van der Waals surface area contributed by atoms with Crippen LogP contribution in [-0.2, 0) is 0 Å². The van der Waals surface area contributed by atoms with Crippen LogP contribution in [0.25, 0.3) is 0 Å². The number of halogens is 1. The predicted molar refractivity (Wildman–Crippen MR) is 94.2 cm³/mol. The fraction of sp³-hybridized carbons (Fsp3) is 0.0667. The van der Waals surface area contributed by atoms with Gasteiger partial charge in [-0.1, -0.05) is 29.4 Å². The molecule has 1 aromatic heterocycles. The molecule has 21 heavy (non-hydrogen) atoms. The van der Waals surface area contributed by atoms with Gasteiger partial charge in [0.1, 0.15) is 5.03 Å². The summed E-state index contributed by atoms with van der Waals surface area (Å²) in [5, 5.41) is 8.25. The standard InChI is InChI=1S/C15H14ClN3S2/c1-2-9-17-15(20)19-12-5-8-14(18-10-12)21-13-6-3-11(16)4-7-13/h2-8,10H,1,9H2,(H2,17,19,20). The number of benzene rings is 1. The van der Waals surface area contributed by atoms with E-state index in [9.17, 15) is 0 Å². The molecule has 2 aromatic rings. The summed E-state index contributed by atoms with van der Waals surface area (Å²) in [5.74, 6) is 0. The molecule has 6 heteroatoms. The van der Waals surface area contributed by atoms with E-state index in [1.165, 1.54) is 0 Å². The lowest BCUT2D eigenvalue weighted by atomic mass is 10.4. The molecule has 0 amide bonds. The van der Waals surface area contributed by atoms with Crippen LogP contribution in [0.4, 0.5) is 5.69 Å². The second kappa shape index (κ2) is 8.02. The maximum Gasteiger partial charge on any atom is 0.171 e. The summed E-state index contributed by atoms with van der Waals surface area (Å²) < 4.78 is 0. The Morgan fingerprint density at radius 2 is 2.05 bits per heavy atom. The van der Waals surface area contributed by atoms with E-state index < -0.39 is 0 Å². The minimum atomic E-state index is 0.551. The van der Waals surface area contributed by atoms with Crippen molar-refractivity contribution in [2.45, 2.75) is 9.92 Å². The molecule has 0 spiro atoms. The first-order valence-electron chi connectivity index (χ1n) is 6.22. The Hall–Kier alpha value is -1.56. The fourth-order valence-corrected chi connectivity index (χ4v) is 2.56.